The van der Waals surface area contributed by atoms with Gasteiger partial charge in [0.2, 0.25) is 0 Å². The fraction of sp³-hybridized carbons (Fsp3) is 0.111. The fourth-order valence-electron chi connectivity index (χ4n) is 1.05. The molecular formula is C9H7N3S. The second-order valence-corrected chi connectivity index (χ2v) is 2.81. The highest BCUT2D eigenvalue weighted by molar-refractivity contribution is 7.80. The van der Waals surface area contributed by atoms with Crippen LogP contribution in [0.4, 0.5) is 0 Å². The van der Waals surface area contributed by atoms with Crippen LogP contribution in [-0.2, 0) is 0 Å². The van der Waals surface area contributed by atoms with Crippen molar-refractivity contribution in [3.05, 3.63) is 24.0 Å². The number of hydrogen-bond acceptors (Lipinski definition) is 3. The highest BCUT2D eigenvalue weighted by Crippen LogP contribution is 2.08. The van der Waals surface area contributed by atoms with E-state index in [4.69, 9.17) is 0 Å². The van der Waals surface area contributed by atoms with Crippen molar-refractivity contribution in [2.75, 3.05) is 5.75 Å². The summed E-state index contributed by atoms with van der Waals surface area (Å²) in [4.78, 5) is 4.15. The lowest BCUT2D eigenvalue weighted by atomic mass is 10.2. The molecule has 2 rings (SSSR count). The van der Waals surface area contributed by atoms with Crippen LogP contribution in [0.1, 0.15) is 5.56 Å². The molecule has 0 fully saturated rings. The zero-order chi connectivity index (χ0) is 9.10. The maximum atomic E-state index is 4.15. The second kappa shape index (κ2) is 3.50. The van der Waals surface area contributed by atoms with Crippen molar-refractivity contribution in [2.24, 2.45) is 0 Å². The van der Waals surface area contributed by atoms with Crippen molar-refractivity contribution in [1.82, 2.24) is 15.2 Å². The lowest BCUT2D eigenvalue weighted by Gasteiger charge is -1.88. The van der Waals surface area contributed by atoms with Crippen molar-refractivity contribution in [1.29, 1.82) is 0 Å². The van der Waals surface area contributed by atoms with E-state index in [1.165, 1.54) is 0 Å². The predicted octanol–water partition coefficient (Wildman–Crippen LogP) is 1.24. The Labute approximate surface area is 81.0 Å². The van der Waals surface area contributed by atoms with E-state index in [1.807, 2.05) is 6.07 Å². The first kappa shape index (κ1) is 8.14. The number of hydrogen-bond donors (Lipinski definition) is 2. The van der Waals surface area contributed by atoms with Gasteiger partial charge in [0, 0.05) is 17.1 Å². The first-order valence-electron chi connectivity index (χ1n) is 3.79. The van der Waals surface area contributed by atoms with E-state index in [9.17, 15) is 0 Å². The molecule has 13 heavy (non-hydrogen) atoms. The van der Waals surface area contributed by atoms with Gasteiger partial charge in [-0.3, -0.25) is 5.10 Å². The SMILES string of the molecule is SCC#Cc1cnc2[nH]ncc2c1. The molecule has 1 N–H and O–H groups in total. The minimum absolute atomic E-state index is 0.559. The summed E-state index contributed by atoms with van der Waals surface area (Å²) in [5, 5.41) is 7.63. The number of H-pyrrole nitrogens is 1. The summed E-state index contributed by atoms with van der Waals surface area (Å²) in [6, 6.07) is 1.95. The van der Waals surface area contributed by atoms with E-state index < -0.39 is 0 Å². The van der Waals surface area contributed by atoms with Crippen molar-refractivity contribution >= 4 is 23.7 Å². The molecule has 4 heteroatoms. The lowest BCUT2D eigenvalue weighted by molar-refractivity contribution is 1.10. The monoisotopic (exact) mass is 189 g/mol. The highest BCUT2D eigenvalue weighted by Gasteiger charge is 1.95. The van der Waals surface area contributed by atoms with Crippen LogP contribution in [-0.4, -0.2) is 20.9 Å². The van der Waals surface area contributed by atoms with Crippen LogP contribution in [0.15, 0.2) is 18.5 Å². The van der Waals surface area contributed by atoms with Crippen LogP contribution < -0.4 is 0 Å². The van der Waals surface area contributed by atoms with Crippen LogP contribution in [0.5, 0.6) is 0 Å². The van der Waals surface area contributed by atoms with Gasteiger partial charge < -0.3 is 0 Å². The third kappa shape index (κ3) is 1.65. The van der Waals surface area contributed by atoms with E-state index in [0.717, 1.165) is 16.6 Å². The molecule has 2 aromatic rings. The van der Waals surface area contributed by atoms with Gasteiger partial charge in [-0.2, -0.15) is 17.7 Å². The Kier molecular flexibility index (Phi) is 2.19. The normalized spacial score (nSPS) is 9.62. The number of fused-ring (bicyclic) bond motifs is 1. The molecule has 0 aliphatic carbocycles. The molecule has 0 amide bonds. The van der Waals surface area contributed by atoms with Crippen molar-refractivity contribution in [3.8, 4) is 11.8 Å². The van der Waals surface area contributed by atoms with Crippen molar-refractivity contribution in [2.45, 2.75) is 0 Å². The summed E-state index contributed by atoms with van der Waals surface area (Å²) in [5.74, 6) is 6.37. The number of nitrogens with zero attached hydrogens (tertiary/aromatic N) is 2. The molecule has 3 nitrogen and oxygen atoms in total. The Morgan fingerprint density at radius 1 is 1.46 bits per heavy atom. The lowest BCUT2D eigenvalue weighted by Crippen LogP contribution is -1.79. The summed E-state index contributed by atoms with van der Waals surface area (Å²) in [6.45, 7) is 0. The molecule has 0 saturated heterocycles. The minimum Gasteiger partial charge on any atom is -0.261 e. The standard InChI is InChI=1S/C9H7N3S/c13-3-1-2-7-4-8-6-11-12-9(8)10-5-7/h4-6,13H,3H2,(H,10,11,12). The number of nitrogens with one attached hydrogen (secondary N) is 1. The summed E-state index contributed by atoms with van der Waals surface area (Å²) < 4.78 is 0. The Hall–Kier alpha value is -1.47. The molecule has 0 unspecified atom stereocenters. The molecule has 2 aromatic heterocycles. The van der Waals surface area contributed by atoms with Crippen LogP contribution in [0, 0.1) is 11.8 Å². The van der Waals surface area contributed by atoms with Crippen LogP contribution in [0.3, 0.4) is 0 Å². The first-order valence-corrected chi connectivity index (χ1v) is 4.42. The topological polar surface area (TPSA) is 41.6 Å². The summed E-state index contributed by atoms with van der Waals surface area (Å²) >= 11 is 4.00. The van der Waals surface area contributed by atoms with E-state index in [-0.39, 0.29) is 0 Å². The summed E-state index contributed by atoms with van der Waals surface area (Å²) in [6.07, 6.45) is 3.45. The molecule has 0 radical (unpaired) electrons. The van der Waals surface area contributed by atoms with Crippen LogP contribution in [0.2, 0.25) is 0 Å². The smallest absolute Gasteiger partial charge is 0.155 e. The molecule has 0 atom stereocenters. The van der Waals surface area contributed by atoms with E-state index >= 15 is 0 Å². The van der Waals surface area contributed by atoms with Gasteiger partial charge in [0.1, 0.15) is 0 Å². The van der Waals surface area contributed by atoms with Gasteiger partial charge in [-0.05, 0) is 6.07 Å². The van der Waals surface area contributed by atoms with Gasteiger partial charge in [-0.1, -0.05) is 11.8 Å². The maximum Gasteiger partial charge on any atom is 0.155 e. The largest absolute Gasteiger partial charge is 0.261 e. The Morgan fingerprint density at radius 2 is 2.38 bits per heavy atom. The van der Waals surface area contributed by atoms with Gasteiger partial charge in [-0.15, -0.1) is 0 Å². The Morgan fingerprint density at radius 3 is 3.23 bits per heavy atom. The third-order valence-electron chi connectivity index (χ3n) is 1.60. The molecule has 2 heterocycles. The number of aromatic nitrogens is 3. The molecule has 0 aliphatic heterocycles. The van der Waals surface area contributed by atoms with Gasteiger partial charge in [0.15, 0.2) is 5.65 Å². The number of thiol groups is 1. The molecule has 0 aliphatic rings. The zero-order valence-corrected chi connectivity index (χ0v) is 7.68. The Bertz CT molecular complexity index is 478. The molecular weight excluding hydrogens is 182 g/mol. The van der Waals surface area contributed by atoms with Crippen LogP contribution >= 0.6 is 12.6 Å². The fourth-order valence-corrected chi connectivity index (χ4v) is 1.13. The zero-order valence-electron chi connectivity index (χ0n) is 6.78. The quantitative estimate of drug-likeness (QED) is 0.483. The third-order valence-corrected chi connectivity index (χ3v) is 1.76. The average molecular weight is 189 g/mol. The summed E-state index contributed by atoms with van der Waals surface area (Å²) in [7, 11) is 0. The predicted molar refractivity (Wildman–Crippen MR) is 54.6 cm³/mol. The minimum atomic E-state index is 0.559. The molecule has 0 aromatic carbocycles. The molecule has 0 spiro atoms. The van der Waals surface area contributed by atoms with Gasteiger partial charge in [-0.25, -0.2) is 4.98 Å². The number of rotatable bonds is 0. The highest BCUT2D eigenvalue weighted by atomic mass is 32.1. The summed E-state index contributed by atoms with van der Waals surface area (Å²) in [5.41, 5.74) is 1.68. The van der Waals surface area contributed by atoms with E-state index in [0.29, 0.717) is 5.75 Å². The van der Waals surface area contributed by atoms with Crippen molar-refractivity contribution in [3.63, 3.8) is 0 Å². The van der Waals surface area contributed by atoms with Crippen LogP contribution in [0.25, 0.3) is 11.0 Å². The van der Waals surface area contributed by atoms with Gasteiger partial charge in [0.25, 0.3) is 0 Å². The van der Waals surface area contributed by atoms with Gasteiger partial charge >= 0.3 is 0 Å². The number of aromatic amines is 1. The maximum absolute atomic E-state index is 4.15. The molecule has 0 bridgehead atoms. The molecule has 64 valence electrons. The van der Waals surface area contributed by atoms with E-state index in [2.05, 4.69) is 39.7 Å². The second-order valence-electron chi connectivity index (χ2n) is 2.49. The number of pyridine rings is 1. The Balaban J connectivity index is 2.48. The van der Waals surface area contributed by atoms with Gasteiger partial charge in [0.05, 0.1) is 11.9 Å². The average Bonchev–Trinajstić information content (AvgIpc) is 2.61. The molecule has 0 saturated carbocycles. The first-order chi connectivity index (χ1) is 6.40. The van der Waals surface area contributed by atoms with Crippen molar-refractivity contribution < 1.29 is 0 Å². The van der Waals surface area contributed by atoms with E-state index in [1.54, 1.807) is 12.4 Å².